The minimum Gasteiger partial charge on any atom is -0.455 e. The quantitative estimate of drug-likeness (QED) is 0.162. The van der Waals surface area contributed by atoms with Gasteiger partial charge in [-0.25, -0.2) is 0 Å². The second-order valence-corrected chi connectivity index (χ2v) is 15.5. The second-order valence-electron chi connectivity index (χ2n) is 14.5. The number of rotatable bonds is 7. The smallest absolute Gasteiger partial charge is 0.143 e. The van der Waals surface area contributed by atoms with Gasteiger partial charge in [0.25, 0.3) is 0 Å². The van der Waals surface area contributed by atoms with Crippen molar-refractivity contribution < 1.29 is 4.42 Å². The SMILES string of the molecule is c1ccc(-c2ccc(-c3ccc(N(c4ccc(-c5ccccc5)c(-c5cccc6c5oc5ccccc56)c4)c4cccc5sc6ccccc6c45)cc3)cc2)cc1. The lowest BCUT2D eigenvalue weighted by atomic mass is 9.92. The number of para-hydroxylation sites is 2. The van der Waals surface area contributed by atoms with Crippen LogP contribution < -0.4 is 4.90 Å². The summed E-state index contributed by atoms with van der Waals surface area (Å²) in [7, 11) is 0. The number of furan rings is 1. The molecule has 0 spiro atoms. The van der Waals surface area contributed by atoms with E-state index in [0.29, 0.717) is 0 Å². The van der Waals surface area contributed by atoms with E-state index in [2.05, 4.69) is 211 Å². The van der Waals surface area contributed by atoms with Crippen LogP contribution in [0.2, 0.25) is 0 Å². The first-order chi connectivity index (χ1) is 28.3. The highest BCUT2D eigenvalue weighted by Crippen LogP contribution is 2.48. The van der Waals surface area contributed by atoms with E-state index in [-0.39, 0.29) is 0 Å². The molecule has 0 aliphatic heterocycles. The Morgan fingerprint density at radius 3 is 1.67 bits per heavy atom. The molecule has 0 saturated heterocycles. The normalized spacial score (nSPS) is 11.5. The van der Waals surface area contributed by atoms with Crippen molar-refractivity contribution in [3.8, 4) is 44.5 Å². The molecule has 11 rings (SSSR count). The van der Waals surface area contributed by atoms with Gasteiger partial charge >= 0.3 is 0 Å². The molecule has 0 amide bonds. The van der Waals surface area contributed by atoms with Gasteiger partial charge in [-0.05, 0) is 87.5 Å². The fourth-order valence-electron chi connectivity index (χ4n) is 8.38. The molecule has 0 fully saturated rings. The Morgan fingerprint density at radius 2 is 0.912 bits per heavy atom. The average Bonchev–Trinajstić information content (AvgIpc) is 3.87. The zero-order chi connectivity index (χ0) is 37.7. The molecule has 268 valence electrons. The summed E-state index contributed by atoms with van der Waals surface area (Å²) in [5.41, 5.74) is 14.4. The predicted molar refractivity (Wildman–Crippen MR) is 243 cm³/mol. The zero-order valence-corrected chi connectivity index (χ0v) is 31.8. The van der Waals surface area contributed by atoms with E-state index in [9.17, 15) is 0 Å². The van der Waals surface area contributed by atoms with Crippen LogP contribution in [-0.4, -0.2) is 0 Å². The van der Waals surface area contributed by atoms with E-state index in [0.717, 1.165) is 61.3 Å². The van der Waals surface area contributed by atoms with Gasteiger partial charge in [-0.2, -0.15) is 0 Å². The molecule has 0 aliphatic carbocycles. The first-order valence-corrected chi connectivity index (χ1v) is 20.1. The van der Waals surface area contributed by atoms with E-state index in [1.807, 2.05) is 17.4 Å². The Labute approximate surface area is 335 Å². The summed E-state index contributed by atoms with van der Waals surface area (Å²) in [6.45, 7) is 0. The Kier molecular flexibility index (Phi) is 8.04. The van der Waals surface area contributed by atoms with Gasteiger partial charge in [0.1, 0.15) is 11.2 Å². The van der Waals surface area contributed by atoms with Crippen LogP contribution in [0.5, 0.6) is 0 Å². The summed E-state index contributed by atoms with van der Waals surface area (Å²) < 4.78 is 9.22. The molecule has 0 radical (unpaired) electrons. The van der Waals surface area contributed by atoms with Crippen LogP contribution >= 0.6 is 11.3 Å². The lowest BCUT2D eigenvalue weighted by molar-refractivity contribution is 0.670. The minimum absolute atomic E-state index is 0.893. The van der Waals surface area contributed by atoms with Crippen molar-refractivity contribution in [2.24, 2.45) is 0 Å². The minimum atomic E-state index is 0.893. The van der Waals surface area contributed by atoms with Crippen molar-refractivity contribution in [1.29, 1.82) is 0 Å². The van der Waals surface area contributed by atoms with Crippen LogP contribution in [0.4, 0.5) is 17.1 Å². The number of thiophene rings is 1. The zero-order valence-electron chi connectivity index (χ0n) is 31.0. The van der Waals surface area contributed by atoms with E-state index >= 15 is 0 Å². The van der Waals surface area contributed by atoms with E-state index in [1.165, 1.54) is 42.4 Å². The molecule has 57 heavy (non-hydrogen) atoms. The van der Waals surface area contributed by atoms with Crippen LogP contribution in [-0.2, 0) is 0 Å². The maximum absolute atomic E-state index is 6.67. The summed E-state index contributed by atoms with van der Waals surface area (Å²) >= 11 is 1.85. The molecule has 2 aromatic heterocycles. The topological polar surface area (TPSA) is 16.4 Å². The van der Waals surface area contributed by atoms with Crippen molar-refractivity contribution in [3.05, 3.63) is 212 Å². The molecule has 2 nitrogen and oxygen atoms in total. The number of anilines is 3. The van der Waals surface area contributed by atoms with Gasteiger partial charge in [0.2, 0.25) is 0 Å². The van der Waals surface area contributed by atoms with Crippen LogP contribution in [0.3, 0.4) is 0 Å². The fraction of sp³-hybridized carbons (Fsp3) is 0. The Bertz CT molecular complexity index is 3210. The summed E-state index contributed by atoms with van der Waals surface area (Å²) in [5, 5.41) is 4.76. The molecule has 9 aromatic carbocycles. The molecule has 0 N–H and O–H groups in total. The van der Waals surface area contributed by atoms with Gasteiger partial charge in [-0.3, -0.25) is 0 Å². The monoisotopic (exact) mass is 745 g/mol. The van der Waals surface area contributed by atoms with Gasteiger partial charge in [-0.1, -0.05) is 164 Å². The van der Waals surface area contributed by atoms with Crippen LogP contribution in [0.25, 0.3) is 86.6 Å². The molecular formula is C54H35NOS. The number of hydrogen-bond acceptors (Lipinski definition) is 3. The highest BCUT2D eigenvalue weighted by atomic mass is 32.1. The van der Waals surface area contributed by atoms with Gasteiger partial charge in [0, 0.05) is 47.9 Å². The second kappa shape index (κ2) is 13.8. The third kappa shape index (κ3) is 5.80. The van der Waals surface area contributed by atoms with Gasteiger partial charge in [0.15, 0.2) is 0 Å². The molecule has 0 aliphatic rings. The molecular weight excluding hydrogens is 711 g/mol. The number of nitrogens with zero attached hydrogens (tertiary/aromatic N) is 1. The summed E-state index contributed by atoms with van der Waals surface area (Å²) in [6, 6.07) is 76.4. The van der Waals surface area contributed by atoms with E-state index in [4.69, 9.17) is 4.42 Å². The largest absolute Gasteiger partial charge is 0.455 e. The lowest BCUT2D eigenvalue weighted by Gasteiger charge is -2.28. The number of hydrogen-bond donors (Lipinski definition) is 0. The summed E-state index contributed by atoms with van der Waals surface area (Å²) in [5.74, 6) is 0. The maximum Gasteiger partial charge on any atom is 0.143 e. The molecule has 0 saturated carbocycles. The first kappa shape index (κ1) is 33.2. The molecule has 11 aromatic rings. The molecule has 0 bridgehead atoms. The van der Waals surface area contributed by atoms with Crippen molar-refractivity contribution in [2.45, 2.75) is 0 Å². The molecule has 2 heterocycles. The third-order valence-electron chi connectivity index (χ3n) is 11.1. The maximum atomic E-state index is 6.67. The van der Waals surface area contributed by atoms with Crippen LogP contribution in [0.1, 0.15) is 0 Å². The molecule has 0 atom stereocenters. The Morgan fingerprint density at radius 1 is 0.351 bits per heavy atom. The Hall–Kier alpha value is -7.20. The predicted octanol–water partition coefficient (Wildman–Crippen LogP) is 16.1. The van der Waals surface area contributed by atoms with Crippen molar-refractivity contribution in [2.75, 3.05) is 4.90 Å². The van der Waals surface area contributed by atoms with Crippen molar-refractivity contribution in [3.63, 3.8) is 0 Å². The van der Waals surface area contributed by atoms with Gasteiger partial charge in [0.05, 0.1) is 5.69 Å². The average molecular weight is 746 g/mol. The number of benzene rings is 9. The third-order valence-corrected chi connectivity index (χ3v) is 12.2. The van der Waals surface area contributed by atoms with Gasteiger partial charge in [-0.15, -0.1) is 11.3 Å². The highest BCUT2D eigenvalue weighted by molar-refractivity contribution is 7.26. The summed E-state index contributed by atoms with van der Waals surface area (Å²) in [6.07, 6.45) is 0. The van der Waals surface area contributed by atoms with Crippen molar-refractivity contribution in [1.82, 2.24) is 0 Å². The van der Waals surface area contributed by atoms with E-state index < -0.39 is 0 Å². The summed E-state index contributed by atoms with van der Waals surface area (Å²) in [4.78, 5) is 2.43. The van der Waals surface area contributed by atoms with Gasteiger partial charge < -0.3 is 9.32 Å². The fourth-order valence-corrected chi connectivity index (χ4v) is 9.51. The number of fused-ring (bicyclic) bond motifs is 6. The van der Waals surface area contributed by atoms with Crippen LogP contribution in [0.15, 0.2) is 217 Å². The lowest BCUT2D eigenvalue weighted by Crippen LogP contribution is -2.10. The van der Waals surface area contributed by atoms with Crippen molar-refractivity contribution >= 4 is 70.5 Å². The van der Waals surface area contributed by atoms with Crippen LogP contribution in [0, 0.1) is 0 Å². The molecule has 3 heteroatoms. The molecule has 0 unspecified atom stereocenters. The van der Waals surface area contributed by atoms with E-state index in [1.54, 1.807) is 0 Å². The Balaban J connectivity index is 1.11. The first-order valence-electron chi connectivity index (χ1n) is 19.3. The standard InChI is InChI=1S/C54H35NOS/c1-3-13-36(14-4-1)37-25-27-38(28-26-37)39-29-31-41(32-30-39)55(49-21-12-24-52-53(49)47-18-8-10-23-51(47)57-52)42-33-34-43(40-15-5-2-6-16-40)48(35-42)46-20-11-19-45-44-17-7-9-22-50(44)56-54(45)46/h1-35H. The highest BCUT2D eigenvalue weighted by Gasteiger charge is 2.22.